The molecule has 7 heteroatoms. The summed E-state index contributed by atoms with van der Waals surface area (Å²) < 4.78 is 7.45. The summed E-state index contributed by atoms with van der Waals surface area (Å²) in [6.45, 7) is 3.30. The smallest absolute Gasteiger partial charge is 0.173 e. The third-order valence-electron chi connectivity index (χ3n) is 4.08. The molecule has 1 N–H and O–H groups in total. The monoisotopic (exact) mass is 339 g/mol. The molecule has 3 aromatic rings. The Morgan fingerprint density at radius 1 is 1.12 bits per heavy atom. The van der Waals surface area contributed by atoms with Crippen LogP contribution in [0.1, 0.15) is 18.8 Å². The number of aromatic nitrogens is 4. The number of aromatic hydroxyl groups is 1. The number of hydrogen-bond acceptors (Lipinski definition) is 6. The van der Waals surface area contributed by atoms with Crippen molar-refractivity contribution in [3.63, 3.8) is 0 Å². The van der Waals surface area contributed by atoms with Gasteiger partial charge in [-0.25, -0.2) is 0 Å². The van der Waals surface area contributed by atoms with E-state index in [-0.39, 0.29) is 11.8 Å². The number of nitrogens with zero attached hydrogens (tertiary/aromatic N) is 5. The van der Waals surface area contributed by atoms with Crippen LogP contribution >= 0.6 is 0 Å². The molecule has 1 atom stereocenters. The molecule has 130 valence electrons. The van der Waals surface area contributed by atoms with Crippen LogP contribution in [0.5, 0.6) is 11.5 Å². The standard InChI is InChI=1S/C18H21N5O2/c1-14(18-19-20-21-23(18)15-6-4-3-5-7-15)22(2)12-13-25-17-10-8-16(24)9-11-17/h3-11,14,24H,12-13H2,1-2H3/t14-/m1/s1. The lowest BCUT2D eigenvalue weighted by atomic mass is 10.2. The van der Waals surface area contributed by atoms with Crippen LogP contribution in [0.3, 0.4) is 0 Å². The Labute approximate surface area is 146 Å². The van der Waals surface area contributed by atoms with E-state index in [1.165, 1.54) is 0 Å². The largest absolute Gasteiger partial charge is 0.508 e. The number of likely N-dealkylation sites (N-methyl/N-ethyl adjacent to an activating group) is 1. The average Bonchev–Trinajstić information content (AvgIpc) is 3.13. The summed E-state index contributed by atoms with van der Waals surface area (Å²) in [5.41, 5.74) is 0.933. The van der Waals surface area contributed by atoms with E-state index < -0.39 is 0 Å². The first kappa shape index (κ1) is 16.9. The van der Waals surface area contributed by atoms with Gasteiger partial charge < -0.3 is 9.84 Å². The lowest BCUT2D eigenvalue weighted by Gasteiger charge is -2.23. The zero-order chi connectivity index (χ0) is 17.6. The van der Waals surface area contributed by atoms with Crippen molar-refractivity contribution in [1.82, 2.24) is 25.1 Å². The highest BCUT2D eigenvalue weighted by molar-refractivity contribution is 5.31. The summed E-state index contributed by atoms with van der Waals surface area (Å²) in [7, 11) is 2.01. The molecule has 0 amide bonds. The summed E-state index contributed by atoms with van der Waals surface area (Å²) >= 11 is 0. The van der Waals surface area contributed by atoms with Gasteiger partial charge in [-0.15, -0.1) is 5.10 Å². The van der Waals surface area contributed by atoms with Crippen LogP contribution in [0.4, 0.5) is 0 Å². The highest BCUT2D eigenvalue weighted by Gasteiger charge is 2.19. The van der Waals surface area contributed by atoms with Gasteiger partial charge in [-0.2, -0.15) is 4.68 Å². The minimum atomic E-state index is 0.0265. The molecule has 0 saturated carbocycles. The Morgan fingerprint density at radius 2 is 1.84 bits per heavy atom. The molecule has 0 radical (unpaired) electrons. The Balaban J connectivity index is 1.60. The number of tetrazole rings is 1. The second kappa shape index (κ2) is 7.76. The number of phenolic OH excluding ortho intramolecular Hbond substituents is 1. The van der Waals surface area contributed by atoms with Crippen molar-refractivity contribution in [2.75, 3.05) is 20.2 Å². The van der Waals surface area contributed by atoms with Crippen LogP contribution < -0.4 is 4.74 Å². The molecule has 1 heterocycles. The van der Waals surface area contributed by atoms with Gasteiger partial charge in [-0.05, 0) is 60.8 Å². The van der Waals surface area contributed by atoms with Gasteiger partial charge in [-0.1, -0.05) is 18.2 Å². The molecule has 0 aliphatic carbocycles. The van der Waals surface area contributed by atoms with E-state index in [0.29, 0.717) is 13.2 Å². The number of hydrogen-bond donors (Lipinski definition) is 1. The summed E-state index contributed by atoms with van der Waals surface area (Å²) in [5.74, 6) is 1.73. The average molecular weight is 339 g/mol. The molecular weight excluding hydrogens is 318 g/mol. The van der Waals surface area contributed by atoms with Gasteiger partial charge in [0, 0.05) is 6.54 Å². The Kier molecular flexibility index (Phi) is 5.25. The molecular formula is C18H21N5O2. The van der Waals surface area contributed by atoms with Crippen molar-refractivity contribution in [3.8, 4) is 17.2 Å². The Hall–Kier alpha value is -2.93. The predicted octanol–water partition coefficient (Wildman–Crippen LogP) is 2.44. The zero-order valence-electron chi connectivity index (χ0n) is 14.3. The first-order valence-electron chi connectivity index (χ1n) is 8.11. The summed E-state index contributed by atoms with van der Waals surface area (Å²) in [5, 5.41) is 21.4. The van der Waals surface area contributed by atoms with Crippen LogP contribution in [0.25, 0.3) is 5.69 Å². The molecule has 0 unspecified atom stereocenters. The fourth-order valence-corrected chi connectivity index (χ4v) is 2.45. The predicted molar refractivity (Wildman–Crippen MR) is 93.8 cm³/mol. The van der Waals surface area contributed by atoms with E-state index in [1.54, 1.807) is 28.9 Å². The molecule has 0 bridgehead atoms. The van der Waals surface area contributed by atoms with Gasteiger partial charge in [0.25, 0.3) is 0 Å². The SMILES string of the molecule is C[C@H](c1nnnn1-c1ccccc1)N(C)CCOc1ccc(O)cc1. The second-order valence-electron chi connectivity index (χ2n) is 5.78. The normalized spacial score (nSPS) is 12.3. The van der Waals surface area contributed by atoms with Crippen molar-refractivity contribution < 1.29 is 9.84 Å². The fraction of sp³-hybridized carbons (Fsp3) is 0.278. The number of ether oxygens (including phenoxy) is 1. The minimum absolute atomic E-state index is 0.0265. The molecule has 7 nitrogen and oxygen atoms in total. The lowest BCUT2D eigenvalue weighted by molar-refractivity contribution is 0.194. The van der Waals surface area contributed by atoms with Crippen LogP contribution in [0.2, 0.25) is 0 Å². The quantitative estimate of drug-likeness (QED) is 0.712. The van der Waals surface area contributed by atoms with E-state index >= 15 is 0 Å². The summed E-state index contributed by atoms with van der Waals surface area (Å²) in [4.78, 5) is 2.13. The van der Waals surface area contributed by atoms with Crippen LogP contribution in [0.15, 0.2) is 54.6 Å². The highest BCUT2D eigenvalue weighted by Crippen LogP contribution is 2.19. The Bertz CT molecular complexity index is 789. The molecule has 0 fully saturated rings. The molecule has 25 heavy (non-hydrogen) atoms. The lowest BCUT2D eigenvalue weighted by Crippen LogP contribution is -2.29. The van der Waals surface area contributed by atoms with E-state index in [0.717, 1.165) is 17.3 Å². The van der Waals surface area contributed by atoms with E-state index in [2.05, 4.69) is 27.3 Å². The molecule has 0 aliphatic rings. The van der Waals surface area contributed by atoms with E-state index in [4.69, 9.17) is 4.74 Å². The molecule has 0 aliphatic heterocycles. The Morgan fingerprint density at radius 3 is 2.56 bits per heavy atom. The highest BCUT2D eigenvalue weighted by atomic mass is 16.5. The number of benzene rings is 2. The molecule has 0 spiro atoms. The number of para-hydroxylation sites is 1. The first-order valence-corrected chi connectivity index (χ1v) is 8.11. The topological polar surface area (TPSA) is 76.3 Å². The van der Waals surface area contributed by atoms with Crippen molar-refractivity contribution >= 4 is 0 Å². The van der Waals surface area contributed by atoms with E-state index in [9.17, 15) is 5.11 Å². The maximum Gasteiger partial charge on any atom is 0.173 e. The number of rotatable bonds is 7. The van der Waals surface area contributed by atoms with Crippen molar-refractivity contribution in [1.29, 1.82) is 0 Å². The minimum Gasteiger partial charge on any atom is -0.508 e. The third-order valence-corrected chi connectivity index (χ3v) is 4.08. The van der Waals surface area contributed by atoms with Gasteiger partial charge in [0.2, 0.25) is 0 Å². The van der Waals surface area contributed by atoms with Gasteiger partial charge in [-0.3, -0.25) is 4.90 Å². The summed E-state index contributed by atoms with van der Waals surface area (Å²) in [6.07, 6.45) is 0. The van der Waals surface area contributed by atoms with Crippen LogP contribution in [-0.2, 0) is 0 Å². The zero-order valence-corrected chi connectivity index (χ0v) is 14.3. The van der Waals surface area contributed by atoms with Gasteiger partial charge in [0.1, 0.15) is 18.1 Å². The van der Waals surface area contributed by atoms with Crippen molar-refractivity contribution in [2.24, 2.45) is 0 Å². The number of phenols is 1. The van der Waals surface area contributed by atoms with Gasteiger partial charge in [0.05, 0.1) is 11.7 Å². The van der Waals surface area contributed by atoms with Crippen LogP contribution in [0, 0.1) is 0 Å². The fourth-order valence-electron chi connectivity index (χ4n) is 2.45. The van der Waals surface area contributed by atoms with Gasteiger partial charge in [0.15, 0.2) is 5.82 Å². The third kappa shape index (κ3) is 4.13. The van der Waals surface area contributed by atoms with Gasteiger partial charge >= 0.3 is 0 Å². The maximum atomic E-state index is 9.28. The first-order chi connectivity index (χ1) is 12.1. The summed E-state index contributed by atoms with van der Waals surface area (Å²) in [6, 6.07) is 16.6. The second-order valence-corrected chi connectivity index (χ2v) is 5.78. The maximum absolute atomic E-state index is 9.28. The molecule has 0 saturated heterocycles. The van der Waals surface area contributed by atoms with Crippen LogP contribution in [-0.4, -0.2) is 50.4 Å². The molecule has 3 rings (SSSR count). The van der Waals surface area contributed by atoms with Crippen molar-refractivity contribution in [2.45, 2.75) is 13.0 Å². The molecule has 1 aromatic heterocycles. The van der Waals surface area contributed by atoms with Crippen molar-refractivity contribution in [3.05, 3.63) is 60.4 Å². The molecule has 2 aromatic carbocycles. The van der Waals surface area contributed by atoms with E-state index in [1.807, 2.05) is 37.4 Å².